The summed E-state index contributed by atoms with van der Waals surface area (Å²) in [6.07, 6.45) is 0. The zero-order valence-corrected chi connectivity index (χ0v) is 12.2. The monoisotopic (exact) mass is 279 g/mol. The van der Waals surface area contributed by atoms with E-state index in [0.29, 0.717) is 5.56 Å². The van der Waals surface area contributed by atoms with Crippen LogP contribution in [0.2, 0.25) is 0 Å². The number of hydrogen-bond acceptors (Lipinski definition) is 1. The number of nitrogens with two attached hydrogens (primary N) is 1. The lowest BCUT2D eigenvalue weighted by atomic mass is 9.90. The summed E-state index contributed by atoms with van der Waals surface area (Å²) in [4.78, 5) is 0. The lowest BCUT2D eigenvalue weighted by Gasteiger charge is -2.18. The molecule has 0 amide bonds. The summed E-state index contributed by atoms with van der Waals surface area (Å²) in [5.41, 5.74) is 10.1. The van der Waals surface area contributed by atoms with Crippen molar-refractivity contribution in [3.05, 3.63) is 82.7 Å². The molecule has 2 heteroatoms. The summed E-state index contributed by atoms with van der Waals surface area (Å²) in [6, 6.07) is 17.2. The molecule has 3 rings (SSSR count). The average Bonchev–Trinajstić information content (AvgIpc) is 2.49. The van der Waals surface area contributed by atoms with Gasteiger partial charge < -0.3 is 5.73 Å². The van der Waals surface area contributed by atoms with Crippen LogP contribution in [0.1, 0.15) is 28.3 Å². The average molecular weight is 279 g/mol. The van der Waals surface area contributed by atoms with Gasteiger partial charge in [0.25, 0.3) is 0 Å². The van der Waals surface area contributed by atoms with Gasteiger partial charge in [0.15, 0.2) is 0 Å². The zero-order valence-electron chi connectivity index (χ0n) is 12.2. The summed E-state index contributed by atoms with van der Waals surface area (Å²) >= 11 is 0. The van der Waals surface area contributed by atoms with Crippen LogP contribution in [-0.2, 0) is 0 Å². The molecule has 0 aliphatic rings. The molecule has 0 radical (unpaired) electrons. The number of hydrogen-bond donors (Lipinski definition) is 1. The first-order valence-electron chi connectivity index (χ1n) is 7.08. The maximum absolute atomic E-state index is 13.8. The predicted molar refractivity (Wildman–Crippen MR) is 85.9 cm³/mol. The number of rotatable bonds is 2. The SMILES string of the molecule is Cc1ccc(C(N)c2c(C)ccc3ccccc23)cc1F. The number of benzene rings is 3. The van der Waals surface area contributed by atoms with Gasteiger partial charge in [0.2, 0.25) is 0 Å². The third-order valence-corrected chi connectivity index (χ3v) is 4.05. The highest BCUT2D eigenvalue weighted by atomic mass is 19.1. The van der Waals surface area contributed by atoms with E-state index < -0.39 is 0 Å². The molecule has 0 spiro atoms. The lowest BCUT2D eigenvalue weighted by Crippen LogP contribution is -2.14. The summed E-state index contributed by atoms with van der Waals surface area (Å²) in [7, 11) is 0. The number of halogens is 1. The van der Waals surface area contributed by atoms with Crippen molar-refractivity contribution < 1.29 is 4.39 Å². The highest BCUT2D eigenvalue weighted by Crippen LogP contribution is 2.30. The van der Waals surface area contributed by atoms with E-state index in [1.165, 1.54) is 0 Å². The summed E-state index contributed by atoms with van der Waals surface area (Å²) in [5, 5.41) is 2.28. The Balaban J connectivity index is 2.19. The quantitative estimate of drug-likeness (QED) is 0.726. The van der Waals surface area contributed by atoms with Crippen molar-refractivity contribution in [2.75, 3.05) is 0 Å². The zero-order chi connectivity index (χ0) is 15.0. The molecule has 0 aliphatic carbocycles. The largest absolute Gasteiger partial charge is 0.320 e. The third-order valence-electron chi connectivity index (χ3n) is 4.05. The van der Waals surface area contributed by atoms with Crippen LogP contribution in [0.4, 0.5) is 4.39 Å². The molecule has 0 bridgehead atoms. The summed E-state index contributed by atoms with van der Waals surface area (Å²) < 4.78 is 13.8. The number of fused-ring (bicyclic) bond motifs is 1. The fourth-order valence-corrected chi connectivity index (χ4v) is 2.79. The molecule has 1 unspecified atom stereocenters. The van der Waals surface area contributed by atoms with Gasteiger partial charge in [0, 0.05) is 0 Å². The molecule has 0 aliphatic heterocycles. The van der Waals surface area contributed by atoms with Gasteiger partial charge in [-0.15, -0.1) is 0 Å². The smallest absolute Gasteiger partial charge is 0.126 e. The molecule has 0 aromatic heterocycles. The molecule has 2 N–H and O–H groups in total. The van der Waals surface area contributed by atoms with Crippen molar-refractivity contribution in [3.8, 4) is 0 Å². The van der Waals surface area contributed by atoms with Crippen molar-refractivity contribution >= 4 is 10.8 Å². The topological polar surface area (TPSA) is 26.0 Å². The van der Waals surface area contributed by atoms with Gasteiger partial charge in [-0.1, -0.05) is 48.5 Å². The van der Waals surface area contributed by atoms with Crippen molar-refractivity contribution in [3.63, 3.8) is 0 Å². The second kappa shape index (κ2) is 5.30. The maximum atomic E-state index is 13.8. The molecule has 0 fully saturated rings. The Morgan fingerprint density at radius 1 is 0.905 bits per heavy atom. The van der Waals surface area contributed by atoms with Crippen molar-refractivity contribution in [2.24, 2.45) is 5.73 Å². The Morgan fingerprint density at radius 3 is 2.38 bits per heavy atom. The van der Waals surface area contributed by atoms with E-state index >= 15 is 0 Å². The minimum Gasteiger partial charge on any atom is -0.320 e. The molecule has 106 valence electrons. The van der Waals surface area contributed by atoms with Crippen molar-refractivity contribution in [1.29, 1.82) is 0 Å². The second-order valence-corrected chi connectivity index (χ2v) is 5.50. The van der Waals surface area contributed by atoms with Gasteiger partial charge in [-0.05, 0) is 52.9 Å². The van der Waals surface area contributed by atoms with Crippen LogP contribution < -0.4 is 5.73 Å². The van der Waals surface area contributed by atoms with Crippen LogP contribution in [0.3, 0.4) is 0 Å². The van der Waals surface area contributed by atoms with Gasteiger partial charge in [0.05, 0.1) is 6.04 Å². The van der Waals surface area contributed by atoms with Gasteiger partial charge >= 0.3 is 0 Å². The standard InChI is InChI=1S/C19H18FN/c1-12-7-10-15(11-17(12)20)19(21)18-13(2)8-9-14-5-3-4-6-16(14)18/h3-11,19H,21H2,1-2H3. The Kier molecular flexibility index (Phi) is 3.48. The van der Waals surface area contributed by atoms with E-state index in [1.54, 1.807) is 19.1 Å². The van der Waals surface area contributed by atoms with Crippen LogP contribution in [0.15, 0.2) is 54.6 Å². The highest BCUT2D eigenvalue weighted by Gasteiger charge is 2.15. The number of aryl methyl sites for hydroxylation is 2. The second-order valence-electron chi connectivity index (χ2n) is 5.50. The van der Waals surface area contributed by atoms with Gasteiger partial charge in [-0.25, -0.2) is 4.39 Å². The molecular weight excluding hydrogens is 261 g/mol. The van der Waals surface area contributed by atoms with Crippen molar-refractivity contribution in [2.45, 2.75) is 19.9 Å². The third kappa shape index (κ3) is 2.43. The molecule has 21 heavy (non-hydrogen) atoms. The minimum absolute atomic E-state index is 0.208. The molecule has 1 atom stereocenters. The predicted octanol–water partition coefficient (Wildman–Crippen LogP) is 4.64. The molecule has 1 nitrogen and oxygen atoms in total. The Morgan fingerprint density at radius 2 is 1.62 bits per heavy atom. The van der Waals surface area contributed by atoms with E-state index in [2.05, 4.69) is 24.3 Å². The van der Waals surface area contributed by atoms with Crippen LogP contribution in [0.25, 0.3) is 10.8 Å². The van der Waals surface area contributed by atoms with Gasteiger partial charge in [-0.2, -0.15) is 0 Å². The normalized spacial score (nSPS) is 12.6. The van der Waals surface area contributed by atoms with E-state index in [1.807, 2.05) is 25.1 Å². The fourth-order valence-electron chi connectivity index (χ4n) is 2.79. The Hall–Kier alpha value is -2.19. The van der Waals surface area contributed by atoms with Gasteiger partial charge in [0.1, 0.15) is 5.82 Å². The first kappa shape index (κ1) is 13.8. The molecule has 0 saturated heterocycles. The van der Waals surface area contributed by atoms with Crippen LogP contribution in [0.5, 0.6) is 0 Å². The summed E-state index contributed by atoms with van der Waals surface area (Å²) in [6.45, 7) is 3.81. The van der Waals surface area contributed by atoms with E-state index in [-0.39, 0.29) is 11.9 Å². The molecular formula is C19H18FN. The van der Waals surface area contributed by atoms with Crippen LogP contribution >= 0.6 is 0 Å². The highest BCUT2D eigenvalue weighted by molar-refractivity contribution is 5.87. The fraction of sp³-hybridized carbons (Fsp3) is 0.158. The Bertz CT molecular complexity index is 808. The maximum Gasteiger partial charge on any atom is 0.126 e. The lowest BCUT2D eigenvalue weighted by molar-refractivity contribution is 0.614. The van der Waals surface area contributed by atoms with Crippen molar-refractivity contribution in [1.82, 2.24) is 0 Å². The van der Waals surface area contributed by atoms with Gasteiger partial charge in [-0.3, -0.25) is 0 Å². The van der Waals surface area contributed by atoms with E-state index in [4.69, 9.17) is 5.73 Å². The molecule has 0 saturated carbocycles. The minimum atomic E-state index is -0.328. The first-order valence-corrected chi connectivity index (χ1v) is 7.08. The molecule has 3 aromatic carbocycles. The van der Waals surface area contributed by atoms with Crippen LogP contribution in [0, 0.1) is 19.7 Å². The molecule has 3 aromatic rings. The summed E-state index contributed by atoms with van der Waals surface area (Å²) in [5.74, 6) is -0.208. The first-order chi connectivity index (χ1) is 10.1. The van der Waals surface area contributed by atoms with Crippen LogP contribution in [-0.4, -0.2) is 0 Å². The molecule has 0 heterocycles. The van der Waals surface area contributed by atoms with E-state index in [0.717, 1.165) is 27.5 Å². The van der Waals surface area contributed by atoms with E-state index in [9.17, 15) is 4.39 Å². The Labute approximate surface area is 124 Å².